The number of thioether (sulfide) groups is 1. The zero-order valence-electron chi connectivity index (χ0n) is 10.4. The van der Waals surface area contributed by atoms with E-state index in [2.05, 4.69) is 4.74 Å². The van der Waals surface area contributed by atoms with Crippen LogP contribution >= 0.6 is 11.8 Å². The highest BCUT2D eigenvalue weighted by molar-refractivity contribution is 7.99. The molecule has 1 aliphatic heterocycles. The van der Waals surface area contributed by atoms with E-state index in [1.54, 1.807) is 16.7 Å². The predicted octanol–water partition coefficient (Wildman–Crippen LogP) is 2.36. The van der Waals surface area contributed by atoms with Gasteiger partial charge >= 0.3 is 6.36 Å². The van der Waals surface area contributed by atoms with Gasteiger partial charge in [-0.25, -0.2) is 0 Å². The molecule has 0 saturated carbocycles. The lowest BCUT2D eigenvalue weighted by molar-refractivity contribution is -0.274. The minimum atomic E-state index is -4.80. The molecule has 20 heavy (non-hydrogen) atoms. The van der Waals surface area contributed by atoms with Gasteiger partial charge in [-0.15, -0.1) is 13.2 Å². The van der Waals surface area contributed by atoms with Crippen molar-refractivity contribution in [3.8, 4) is 5.75 Å². The first kappa shape index (κ1) is 14.8. The van der Waals surface area contributed by atoms with Gasteiger partial charge in [0.05, 0.1) is 5.69 Å². The average molecular weight is 306 g/mol. The number of ether oxygens (including phenoxy) is 1. The third-order valence-electron chi connectivity index (χ3n) is 2.78. The fourth-order valence-corrected chi connectivity index (χ4v) is 2.75. The molecule has 2 rings (SSSR count). The summed E-state index contributed by atoms with van der Waals surface area (Å²) < 4.78 is 40.1. The van der Waals surface area contributed by atoms with Crippen LogP contribution in [0.3, 0.4) is 0 Å². The number of halogens is 3. The summed E-state index contributed by atoms with van der Waals surface area (Å²) in [6.07, 6.45) is -4.80. The molecule has 0 unspecified atom stereocenters. The van der Waals surface area contributed by atoms with Crippen LogP contribution in [0, 0.1) is 0 Å². The molecule has 0 aromatic heterocycles. The molecular formula is C12H13F3N2O2S. The zero-order valence-corrected chi connectivity index (χ0v) is 11.3. The van der Waals surface area contributed by atoms with Gasteiger partial charge in [0, 0.05) is 30.2 Å². The number of hydrogen-bond donors (Lipinski definition) is 1. The van der Waals surface area contributed by atoms with Gasteiger partial charge < -0.3 is 15.4 Å². The zero-order chi connectivity index (χ0) is 14.8. The highest BCUT2D eigenvalue weighted by Crippen LogP contribution is 2.29. The summed E-state index contributed by atoms with van der Waals surface area (Å²) in [5.74, 6) is 0.992. The molecule has 8 heteroatoms. The lowest BCUT2D eigenvalue weighted by Gasteiger charge is -2.26. The maximum atomic E-state index is 12.1. The molecule has 1 aromatic rings. The summed E-state index contributed by atoms with van der Waals surface area (Å²) in [4.78, 5) is 13.8. The van der Waals surface area contributed by atoms with Crippen molar-refractivity contribution in [3.63, 3.8) is 0 Å². The van der Waals surface area contributed by atoms with Gasteiger partial charge in [0.1, 0.15) is 0 Å². The molecule has 1 aromatic carbocycles. The number of nitrogens with two attached hydrogens (primary N) is 1. The number of hydrogen-bond acceptors (Lipinski definition) is 4. The smallest absolute Gasteiger partial charge is 0.404 e. The van der Waals surface area contributed by atoms with Crippen LogP contribution in [0.5, 0.6) is 5.75 Å². The molecule has 0 atom stereocenters. The second-order valence-electron chi connectivity index (χ2n) is 4.20. The van der Waals surface area contributed by atoms with Crippen molar-refractivity contribution in [2.24, 2.45) is 0 Å². The summed E-state index contributed by atoms with van der Waals surface area (Å²) >= 11 is 1.76. The Morgan fingerprint density at radius 3 is 2.50 bits per heavy atom. The summed E-state index contributed by atoms with van der Waals surface area (Å²) in [6, 6.07) is 3.57. The number of alkyl halides is 3. The summed E-state index contributed by atoms with van der Waals surface area (Å²) in [5, 5.41) is 0. The van der Waals surface area contributed by atoms with Crippen molar-refractivity contribution in [2.75, 3.05) is 30.3 Å². The summed E-state index contributed by atoms with van der Waals surface area (Å²) in [7, 11) is 0. The first-order chi connectivity index (χ1) is 9.37. The number of amides is 1. The molecule has 110 valence electrons. The van der Waals surface area contributed by atoms with Crippen LogP contribution in [-0.2, 0) is 0 Å². The maximum absolute atomic E-state index is 12.1. The van der Waals surface area contributed by atoms with Gasteiger partial charge in [-0.3, -0.25) is 4.79 Å². The molecule has 1 amide bonds. The topological polar surface area (TPSA) is 55.6 Å². The van der Waals surface area contributed by atoms with Crippen LogP contribution in [0.25, 0.3) is 0 Å². The Labute approximate surface area is 118 Å². The normalized spacial score (nSPS) is 16.1. The Balaban J connectivity index is 2.13. The largest absolute Gasteiger partial charge is 0.573 e. The van der Waals surface area contributed by atoms with Gasteiger partial charge in [0.2, 0.25) is 0 Å². The molecule has 0 bridgehead atoms. The quantitative estimate of drug-likeness (QED) is 0.852. The van der Waals surface area contributed by atoms with Gasteiger partial charge in [-0.2, -0.15) is 11.8 Å². The number of nitrogens with zero attached hydrogens (tertiary/aromatic N) is 1. The van der Waals surface area contributed by atoms with Crippen molar-refractivity contribution >= 4 is 23.4 Å². The number of benzene rings is 1. The van der Waals surface area contributed by atoms with E-state index in [0.29, 0.717) is 13.1 Å². The summed E-state index contributed by atoms with van der Waals surface area (Å²) in [5.41, 5.74) is 5.55. The minimum absolute atomic E-state index is 0.209. The van der Waals surface area contributed by atoms with Crippen molar-refractivity contribution in [1.29, 1.82) is 0 Å². The summed E-state index contributed by atoms with van der Waals surface area (Å²) in [6.45, 7) is 1.26. The average Bonchev–Trinajstić information content (AvgIpc) is 2.40. The second-order valence-corrected chi connectivity index (χ2v) is 5.43. The van der Waals surface area contributed by atoms with Gasteiger partial charge in [0.25, 0.3) is 5.91 Å². The molecule has 1 saturated heterocycles. The van der Waals surface area contributed by atoms with Gasteiger partial charge in [-0.05, 0) is 18.2 Å². The van der Waals surface area contributed by atoms with Crippen molar-refractivity contribution in [3.05, 3.63) is 23.8 Å². The maximum Gasteiger partial charge on any atom is 0.573 e. The SMILES string of the molecule is Nc1cc(C(=O)N2CCSCC2)ccc1OC(F)(F)F. The van der Waals surface area contributed by atoms with Crippen LogP contribution in [0.1, 0.15) is 10.4 Å². The van der Waals surface area contributed by atoms with E-state index in [-0.39, 0.29) is 17.2 Å². The lowest BCUT2D eigenvalue weighted by atomic mass is 10.1. The van der Waals surface area contributed by atoms with E-state index in [9.17, 15) is 18.0 Å². The Hall–Kier alpha value is -1.57. The Bertz CT molecular complexity index is 502. The monoisotopic (exact) mass is 306 g/mol. The molecule has 0 spiro atoms. The van der Waals surface area contributed by atoms with E-state index in [1.165, 1.54) is 12.1 Å². The van der Waals surface area contributed by atoms with Gasteiger partial charge in [-0.1, -0.05) is 0 Å². The Morgan fingerprint density at radius 2 is 1.95 bits per heavy atom. The first-order valence-electron chi connectivity index (χ1n) is 5.89. The van der Waals surface area contributed by atoms with Crippen molar-refractivity contribution < 1.29 is 22.7 Å². The highest BCUT2D eigenvalue weighted by atomic mass is 32.2. The molecule has 1 heterocycles. The Kier molecular flexibility index (Phi) is 4.32. The first-order valence-corrected chi connectivity index (χ1v) is 7.04. The molecule has 2 N–H and O–H groups in total. The van der Waals surface area contributed by atoms with Gasteiger partial charge in [0.15, 0.2) is 5.75 Å². The van der Waals surface area contributed by atoms with Crippen molar-refractivity contribution in [2.45, 2.75) is 6.36 Å². The molecule has 4 nitrogen and oxygen atoms in total. The number of carbonyl (C=O) groups excluding carboxylic acids is 1. The molecule has 1 aliphatic rings. The predicted molar refractivity (Wildman–Crippen MR) is 70.8 cm³/mol. The van der Waals surface area contributed by atoms with E-state index >= 15 is 0 Å². The minimum Gasteiger partial charge on any atom is -0.404 e. The standard InChI is InChI=1S/C12H13F3N2O2S/c13-12(14,15)19-10-2-1-8(7-9(10)16)11(18)17-3-5-20-6-4-17/h1-2,7H,3-6,16H2. The lowest BCUT2D eigenvalue weighted by Crippen LogP contribution is -2.37. The fraction of sp³-hybridized carbons (Fsp3) is 0.417. The third kappa shape index (κ3) is 3.72. The van der Waals surface area contributed by atoms with E-state index in [1.807, 2.05) is 0 Å². The molecule has 0 radical (unpaired) electrons. The Morgan fingerprint density at radius 1 is 1.30 bits per heavy atom. The van der Waals surface area contributed by atoms with Crippen LogP contribution in [0.4, 0.5) is 18.9 Å². The van der Waals surface area contributed by atoms with Crippen LogP contribution in [0.2, 0.25) is 0 Å². The van der Waals surface area contributed by atoms with Crippen molar-refractivity contribution in [1.82, 2.24) is 4.90 Å². The van der Waals surface area contributed by atoms with Crippen LogP contribution < -0.4 is 10.5 Å². The second kappa shape index (κ2) is 5.82. The number of carbonyl (C=O) groups is 1. The number of rotatable bonds is 2. The molecule has 1 fully saturated rings. The molecular weight excluding hydrogens is 293 g/mol. The van der Waals surface area contributed by atoms with E-state index in [4.69, 9.17) is 5.73 Å². The number of nitrogen functional groups attached to an aromatic ring is 1. The highest BCUT2D eigenvalue weighted by Gasteiger charge is 2.32. The molecule has 0 aliphatic carbocycles. The third-order valence-corrected chi connectivity index (χ3v) is 3.72. The van der Waals surface area contributed by atoms with Crippen LogP contribution in [0.15, 0.2) is 18.2 Å². The van der Waals surface area contributed by atoms with E-state index < -0.39 is 12.1 Å². The fourth-order valence-electron chi connectivity index (χ4n) is 1.85. The van der Waals surface area contributed by atoms with E-state index in [0.717, 1.165) is 17.6 Å². The van der Waals surface area contributed by atoms with Crippen LogP contribution in [-0.4, -0.2) is 41.8 Å². The number of anilines is 1.